The predicted molar refractivity (Wildman–Crippen MR) is 140 cm³/mol. The van der Waals surface area contributed by atoms with Gasteiger partial charge in [0, 0.05) is 11.3 Å². The van der Waals surface area contributed by atoms with Crippen molar-refractivity contribution < 1.29 is 14.4 Å². The summed E-state index contributed by atoms with van der Waals surface area (Å²) < 4.78 is 0. The molecule has 3 aromatic carbocycles. The van der Waals surface area contributed by atoms with E-state index in [1.165, 1.54) is 0 Å². The lowest BCUT2D eigenvalue weighted by atomic mass is 10.0. The third-order valence-electron chi connectivity index (χ3n) is 5.46. The van der Waals surface area contributed by atoms with Crippen molar-refractivity contribution in [2.24, 2.45) is 0 Å². The van der Waals surface area contributed by atoms with Crippen LogP contribution >= 0.6 is 34.8 Å². The molecule has 35 heavy (non-hydrogen) atoms. The number of imide groups is 1. The highest BCUT2D eigenvalue weighted by atomic mass is 35.5. The van der Waals surface area contributed by atoms with Gasteiger partial charge in [0.25, 0.3) is 17.7 Å². The average molecular weight is 529 g/mol. The third kappa shape index (κ3) is 5.05. The first-order valence-corrected chi connectivity index (χ1v) is 11.8. The van der Waals surface area contributed by atoms with Crippen molar-refractivity contribution in [1.29, 1.82) is 0 Å². The quantitative estimate of drug-likeness (QED) is 0.345. The minimum absolute atomic E-state index is 0.0347. The van der Waals surface area contributed by atoms with Crippen molar-refractivity contribution in [3.8, 4) is 0 Å². The maximum atomic E-state index is 13.0. The van der Waals surface area contributed by atoms with Gasteiger partial charge in [-0.1, -0.05) is 66.8 Å². The van der Waals surface area contributed by atoms with Gasteiger partial charge < -0.3 is 10.6 Å². The first kappa shape index (κ1) is 24.8. The Bertz CT molecular complexity index is 1350. The van der Waals surface area contributed by atoms with Crippen LogP contribution in [0.5, 0.6) is 0 Å². The summed E-state index contributed by atoms with van der Waals surface area (Å²) in [6.45, 7) is 4.12. The van der Waals surface area contributed by atoms with E-state index in [2.05, 4.69) is 24.5 Å². The second-order valence-electron chi connectivity index (χ2n) is 8.14. The second kappa shape index (κ2) is 10.1. The zero-order chi connectivity index (χ0) is 25.3. The molecule has 9 heteroatoms. The fraction of sp³-hybridized carbons (Fsp3) is 0.115. The Kier molecular flexibility index (Phi) is 7.17. The molecule has 0 bridgehead atoms. The summed E-state index contributed by atoms with van der Waals surface area (Å²) in [4.78, 5) is 39.3. The first-order valence-electron chi connectivity index (χ1n) is 10.7. The lowest BCUT2D eigenvalue weighted by molar-refractivity contribution is -0.120. The van der Waals surface area contributed by atoms with Crippen molar-refractivity contribution in [2.75, 3.05) is 15.5 Å². The molecule has 0 radical (unpaired) electrons. The Balaban J connectivity index is 1.48. The molecular formula is C26H20Cl3N3O3. The van der Waals surface area contributed by atoms with Gasteiger partial charge in [0.15, 0.2) is 0 Å². The molecule has 3 aromatic rings. The number of hydrogen-bond acceptors (Lipinski definition) is 4. The number of nitrogens with zero attached hydrogens (tertiary/aromatic N) is 1. The van der Waals surface area contributed by atoms with Gasteiger partial charge in [-0.25, -0.2) is 4.90 Å². The van der Waals surface area contributed by atoms with Crippen LogP contribution < -0.4 is 15.5 Å². The number of carbonyl (C=O) groups excluding carboxylic acids is 3. The summed E-state index contributed by atoms with van der Waals surface area (Å²) in [6, 6.07) is 18.5. The summed E-state index contributed by atoms with van der Waals surface area (Å²) in [7, 11) is 0. The molecule has 0 fully saturated rings. The number of hydrogen-bond donors (Lipinski definition) is 2. The molecular weight excluding hydrogens is 509 g/mol. The Hall–Kier alpha value is -3.32. The van der Waals surface area contributed by atoms with Crippen LogP contribution in [0.1, 0.15) is 35.7 Å². The van der Waals surface area contributed by atoms with E-state index >= 15 is 0 Å². The van der Waals surface area contributed by atoms with Crippen LogP contribution in [0.25, 0.3) is 0 Å². The zero-order valence-corrected chi connectivity index (χ0v) is 21.0. The van der Waals surface area contributed by atoms with E-state index in [0.717, 1.165) is 10.5 Å². The molecule has 1 heterocycles. The molecule has 0 aliphatic carbocycles. The normalized spacial score (nSPS) is 13.6. The largest absolute Gasteiger partial charge is 0.350 e. The monoisotopic (exact) mass is 527 g/mol. The van der Waals surface area contributed by atoms with E-state index in [0.29, 0.717) is 33.6 Å². The van der Waals surface area contributed by atoms with Crippen LogP contribution in [0.4, 0.5) is 17.1 Å². The molecule has 178 valence electrons. The maximum absolute atomic E-state index is 13.0. The van der Waals surface area contributed by atoms with Gasteiger partial charge in [-0.15, -0.1) is 0 Å². The Morgan fingerprint density at radius 1 is 0.857 bits per heavy atom. The fourth-order valence-corrected chi connectivity index (χ4v) is 4.06. The Labute approximate surface area is 217 Å². The van der Waals surface area contributed by atoms with Crippen LogP contribution in [0.15, 0.2) is 77.5 Å². The highest BCUT2D eigenvalue weighted by Crippen LogP contribution is 2.32. The minimum atomic E-state index is -0.606. The van der Waals surface area contributed by atoms with Crippen molar-refractivity contribution in [1.82, 2.24) is 0 Å². The van der Waals surface area contributed by atoms with E-state index in [1.54, 1.807) is 54.6 Å². The minimum Gasteiger partial charge on any atom is -0.350 e. The van der Waals surface area contributed by atoms with Crippen molar-refractivity contribution in [3.05, 3.63) is 98.6 Å². The van der Waals surface area contributed by atoms with Gasteiger partial charge in [0.1, 0.15) is 10.7 Å². The molecule has 0 spiro atoms. The SMILES string of the molecule is CC(C)c1ccc(N2C(=O)C(Cl)=C(Nc3ccc(C(=O)Nc4cccc(Cl)c4Cl)cc3)C2=O)cc1. The number of amides is 3. The lowest BCUT2D eigenvalue weighted by Crippen LogP contribution is -2.32. The molecule has 0 aromatic heterocycles. The van der Waals surface area contributed by atoms with Gasteiger partial charge in [0.05, 0.1) is 21.4 Å². The molecule has 0 atom stereocenters. The Morgan fingerprint density at radius 2 is 1.51 bits per heavy atom. The highest BCUT2D eigenvalue weighted by molar-refractivity contribution is 6.53. The van der Waals surface area contributed by atoms with Gasteiger partial charge >= 0.3 is 0 Å². The molecule has 1 aliphatic heterocycles. The van der Waals surface area contributed by atoms with Crippen molar-refractivity contribution >= 4 is 69.6 Å². The van der Waals surface area contributed by atoms with E-state index in [9.17, 15) is 14.4 Å². The number of carbonyl (C=O) groups is 3. The fourth-order valence-electron chi connectivity index (χ4n) is 3.50. The van der Waals surface area contributed by atoms with Crippen LogP contribution in [-0.4, -0.2) is 17.7 Å². The van der Waals surface area contributed by atoms with Gasteiger partial charge in [-0.05, 0) is 60.0 Å². The topological polar surface area (TPSA) is 78.5 Å². The van der Waals surface area contributed by atoms with Crippen LogP contribution in [0, 0.1) is 0 Å². The maximum Gasteiger partial charge on any atom is 0.283 e. The zero-order valence-electron chi connectivity index (χ0n) is 18.7. The van der Waals surface area contributed by atoms with Crippen molar-refractivity contribution in [3.63, 3.8) is 0 Å². The van der Waals surface area contributed by atoms with E-state index in [4.69, 9.17) is 34.8 Å². The second-order valence-corrected chi connectivity index (χ2v) is 9.30. The highest BCUT2D eigenvalue weighted by Gasteiger charge is 2.39. The number of rotatable bonds is 6. The van der Waals surface area contributed by atoms with Crippen LogP contribution in [-0.2, 0) is 9.59 Å². The summed E-state index contributed by atoms with van der Waals surface area (Å²) in [6.07, 6.45) is 0. The predicted octanol–water partition coefficient (Wildman–Crippen LogP) is 6.80. The molecule has 1 aliphatic rings. The van der Waals surface area contributed by atoms with E-state index < -0.39 is 11.8 Å². The summed E-state index contributed by atoms with van der Waals surface area (Å²) >= 11 is 18.3. The molecule has 0 saturated carbocycles. The molecule has 0 saturated heterocycles. The number of anilines is 3. The standard InChI is InChI=1S/C26H20Cl3N3O3/c1-14(2)15-8-12-18(13-9-15)32-25(34)22(29)23(26(32)35)30-17-10-6-16(7-11-17)24(33)31-20-5-3-4-19(27)21(20)28/h3-14,30H,1-2H3,(H,31,33). The molecule has 4 rings (SSSR count). The van der Waals surface area contributed by atoms with E-state index in [1.807, 2.05) is 12.1 Å². The Morgan fingerprint density at radius 3 is 2.14 bits per heavy atom. The first-order chi connectivity index (χ1) is 16.7. The number of nitrogens with one attached hydrogen (secondary N) is 2. The smallest absolute Gasteiger partial charge is 0.283 e. The average Bonchev–Trinajstić information content (AvgIpc) is 3.05. The van der Waals surface area contributed by atoms with E-state index in [-0.39, 0.29) is 21.7 Å². The van der Waals surface area contributed by atoms with Crippen LogP contribution in [0.2, 0.25) is 10.0 Å². The summed E-state index contributed by atoms with van der Waals surface area (Å²) in [5.41, 5.74) is 2.71. The number of benzene rings is 3. The molecule has 0 unspecified atom stereocenters. The van der Waals surface area contributed by atoms with Gasteiger partial charge in [-0.3, -0.25) is 14.4 Å². The number of halogens is 3. The molecule has 2 N–H and O–H groups in total. The van der Waals surface area contributed by atoms with Gasteiger partial charge in [0.2, 0.25) is 0 Å². The lowest BCUT2D eigenvalue weighted by Gasteiger charge is -2.16. The summed E-state index contributed by atoms with van der Waals surface area (Å²) in [5, 5.41) is 5.97. The molecule has 6 nitrogen and oxygen atoms in total. The van der Waals surface area contributed by atoms with Gasteiger partial charge in [-0.2, -0.15) is 0 Å². The molecule has 3 amide bonds. The van der Waals surface area contributed by atoms with Crippen LogP contribution in [0.3, 0.4) is 0 Å². The third-order valence-corrected chi connectivity index (χ3v) is 6.63. The summed E-state index contributed by atoms with van der Waals surface area (Å²) in [5.74, 6) is -1.23. The van der Waals surface area contributed by atoms with Crippen molar-refractivity contribution in [2.45, 2.75) is 19.8 Å².